The number of ether oxygens (including phenoxy) is 1. The Bertz CT molecular complexity index is 1490. The number of methoxy groups -OCH3 is 1. The van der Waals surface area contributed by atoms with Crippen molar-refractivity contribution >= 4 is 16.7 Å². The summed E-state index contributed by atoms with van der Waals surface area (Å²) in [7, 11) is 1.52. The second kappa shape index (κ2) is 8.99. The molecule has 0 radical (unpaired) electrons. The van der Waals surface area contributed by atoms with Gasteiger partial charge in [-0.25, -0.2) is 14.4 Å². The Balaban J connectivity index is 1.33. The molecule has 0 fully saturated rings. The Kier molecular flexibility index (Phi) is 5.58. The van der Waals surface area contributed by atoms with Crippen LogP contribution in [0.25, 0.3) is 33.4 Å². The lowest BCUT2D eigenvalue weighted by atomic mass is 10.1. The molecule has 0 atom stereocenters. The lowest BCUT2D eigenvalue weighted by molar-refractivity contribution is 0.419. The second-order valence-electron chi connectivity index (χ2n) is 7.47. The molecule has 5 rings (SSSR count). The predicted molar refractivity (Wildman–Crippen MR) is 124 cm³/mol. The summed E-state index contributed by atoms with van der Waals surface area (Å²) < 4.78 is 21.6. The number of H-pyrrole nitrogens is 1. The molecule has 5 aromatic rings. The van der Waals surface area contributed by atoms with Crippen LogP contribution in [-0.4, -0.2) is 43.6 Å². The van der Waals surface area contributed by atoms with Gasteiger partial charge >= 0.3 is 0 Å². The van der Waals surface area contributed by atoms with Gasteiger partial charge in [0.2, 0.25) is 0 Å². The number of anilines is 1. The third kappa shape index (κ3) is 3.91. The van der Waals surface area contributed by atoms with E-state index in [0.29, 0.717) is 41.3 Å². The number of hydrogen-bond donors (Lipinski definition) is 2. The molecular formula is C24H19FN8O. The number of hydrogen-bond acceptors (Lipinski definition) is 7. The van der Waals surface area contributed by atoms with Gasteiger partial charge in [-0.05, 0) is 18.2 Å². The van der Waals surface area contributed by atoms with Crippen LogP contribution in [0.1, 0.15) is 5.69 Å². The van der Waals surface area contributed by atoms with Crippen LogP contribution in [0.2, 0.25) is 0 Å². The first-order valence-corrected chi connectivity index (χ1v) is 10.5. The lowest BCUT2D eigenvalue weighted by Gasteiger charge is -2.11. The van der Waals surface area contributed by atoms with Gasteiger partial charge in [-0.15, -0.1) is 5.10 Å². The molecule has 2 N–H and O–H groups in total. The van der Waals surface area contributed by atoms with Gasteiger partial charge in [-0.2, -0.15) is 5.26 Å². The molecule has 0 saturated carbocycles. The van der Waals surface area contributed by atoms with Gasteiger partial charge in [-0.3, -0.25) is 5.10 Å². The maximum atomic E-state index is 14.6. The highest BCUT2D eigenvalue weighted by molar-refractivity contribution is 5.88. The summed E-state index contributed by atoms with van der Waals surface area (Å²) >= 11 is 0. The fraction of sp³-hybridized carbons (Fsp3) is 0.125. The fourth-order valence-corrected chi connectivity index (χ4v) is 3.88. The molecule has 3 aromatic heterocycles. The van der Waals surface area contributed by atoms with Crippen molar-refractivity contribution in [3.05, 3.63) is 72.6 Å². The van der Waals surface area contributed by atoms with Crippen molar-refractivity contribution < 1.29 is 9.13 Å². The molecule has 0 bridgehead atoms. The van der Waals surface area contributed by atoms with E-state index in [-0.39, 0.29) is 0 Å². The van der Waals surface area contributed by atoms with Crippen molar-refractivity contribution in [2.24, 2.45) is 0 Å². The summed E-state index contributed by atoms with van der Waals surface area (Å²) in [5.74, 6) is 0.741. The molecule has 0 aliphatic carbocycles. The summed E-state index contributed by atoms with van der Waals surface area (Å²) in [5, 5.41) is 23.7. The van der Waals surface area contributed by atoms with Gasteiger partial charge in [0.25, 0.3) is 0 Å². The topological polar surface area (TPSA) is 117 Å². The minimum atomic E-state index is -0.406. The average Bonchev–Trinajstić information content (AvgIpc) is 3.54. The van der Waals surface area contributed by atoms with Crippen LogP contribution in [0.15, 0.2) is 61.1 Å². The quantitative estimate of drug-likeness (QED) is 0.381. The molecule has 2 aromatic carbocycles. The SMILES string of the molecule is COc1ccc(F)c2c1cc(C#N)n2CCNc1cc(-c2ccc(-c3cnn[nH]3)cc2)ncn1. The molecule has 0 saturated heterocycles. The summed E-state index contributed by atoms with van der Waals surface area (Å²) in [4.78, 5) is 8.64. The van der Waals surface area contributed by atoms with Crippen molar-refractivity contribution in [1.29, 1.82) is 5.26 Å². The summed E-state index contributed by atoms with van der Waals surface area (Å²) in [6.45, 7) is 0.792. The molecule has 0 aliphatic heterocycles. The van der Waals surface area contributed by atoms with Gasteiger partial charge in [0.05, 0.1) is 30.2 Å². The molecular weight excluding hydrogens is 435 g/mol. The largest absolute Gasteiger partial charge is 0.496 e. The number of nitrogens with zero attached hydrogens (tertiary/aromatic N) is 6. The zero-order valence-electron chi connectivity index (χ0n) is 18.2. The van der Waals surface area contributed by atoms with Crippen LogP contribution < -0.4 is 10.1 Å². The number of nitriles is 1. The number of halogens is 1. The molecule has 0 aliphatic rings. The number of rotatable bonds is 7. The smallest absolute Gasteiger partial charge is 0.147 e. The molecule has 3 heterocycles. The molecule has 9 nitrogen and oxygen atoms in total. The second-order valence-corrected chi connectivity index (χ2v) is 7.47. The highest BCUT2D eigenvalue weighted by Gasteiger charge is 2.16. The lowest BCUT2D eigenvalue weighted by Crippen LogP contribution is -2.13. The molecule has 0 spiro atoms. The minimum absolute atomic E-state index is 0.341. The van der Waals surface area contributed by atoms with Crippen molar-refractivity contribution in [1.82, 2.24) is 29.9 Å². The van der Waals surface area contributed by atoms with Gasteiger partial charge < -0.3 is 14.6 Å². The summed E-state index contributed by atoms with van der Waals surface area (Å²) in [6, 6.07) is 16.4. The average molecular weight is 454 g/mol. The van der Waals surface area contributed by atoms with Gasteiger partial charge in [0, 0.05) is 35.7 Å². The van der Waals surface area contributed by atoms with E-state index in [1.165, 1.54) is 19.5 Å². The summed E-state index contributed by atoms with van der Waals surface area (Å²) in [5.41, 5.74) is 4.19. The van der Waals surface area contributed by atoms with Crippen molar-refractivity contribution in [2.45, 2.75) is 6.54 Å². The van der Waals surface area contributed by atoms with Crippen LogP contribution in [0.3, 0.4) is 0 Å². The van der Waals surface area contributed by atoms with Crippen molar-refractivity contribution in [3.63, 3.8) is 0 Å². The number of nitrogens with one attached hydrogen (secondary N) is 2. The highest BCUT2D eigenvalue weighted by Crippen LogP contribution is 2.31. The Morgan fingerprint density at radius 3 is 2.68 bits per heavy atom. The van der Waals surface area contributed by atoms with E-state index in [0.717, 1.165) is 22.5 Å². The third-order valence-corrected chi connectivity index (χ3v) is 5.52. The van der Waals surface area contributed by atoms with Crippen molar-refractivity contribution in [2.75, 3.05) is 19.0 Å². The maximum absolute atomic E-state index is 14.6. The Hall–Kier alpha value is -4.78. The number of aromatic amines is 1. The maximum Gasteiger partial charge on any atom is 0.147 e. The number of aromatic nitrogens is 6. The van der Waals surface area contributed by atoms with Crippen LogP contribution in [-0.2, 0) is 6.54 Å². The van der Waals surface area contributed by atoms with Gasteiger partial charge in [0.1, 0.15) is 35.5 Å². The third-order valence-electron chi connectivity index (χ3n) is 5.52. The number of fused-ring (bicyclic) bond motifs is 1. The zero-order valence-corrected chi connectivity index (χ0v) is 18.2. The Morgan fingerprint density at radius 1 is 1.12 bits per heavy atom. The summed E-state index contributed by atoms with van der Waals surface area (Å²) in [6.07, 6.45) is 3.15. The number of benzene rings is 2. The van der Waals surface area contributed by atoms with Crippen LogP contribution in [0, 0.1) is 17.1 Å². The first-order chi connectivity index (χ1) is 16.7. The zero-order chi connectivity index (χ0) is 23.5. The van der Waals surface area contributed by atoms with Crippen LogP contribution in [0.4, 0.5) is 10.2 Å². The Labute approximate surface area is 193 Å². The normalized spacial score (nSPS) is 10.9. The van der Waals surface area contributed by atoms with Gasteiger partial charge in [0.15, 0.2) is 0 Å². The molecule has 168 valence electrons. The van der Waals surface area contributed by atoms with Crippen LogP contribution in [0.5, 0.6) is 5.75 Å². The van der Waals surface area contributed by atoms with Gasteiger partial charge in [-0.1, -0.05) is 29.5 Å². The first-order valence-electron chi connectivity index (χ1n) is 10.5. The van der Waals surface area contributed by atoms with E-state index < -0.39 is 5.82 Å². The van der Waals surface area contributed by atoms with E-state index in [2.05, 4.69) is 36.8 Å². The standard InChI is InChI=1S/C24H19FN8O/c1-34-22-7-6-19(25)24-18(22)10-17(12-26)33(24)9-8-27-23-11-20(28-14-29-23)15-2-4-16(5-3-15)21-13-30-32-31-21/h2-7,10-11,13-14H,8-9H2,1H3,(H,27,28,29)(H,30,31,32). The van der Waals surface area contributed by atoms with E-state index in [1.807, 2.05) is 30.3 Å². The molecule has 10 heteroatoms. The molecule has 34 heavy (non-hydrogen) atoms. The van der Waals surface area contributed by atoms with E-state index in [9.17, 15) is 9.65 Å². The molecule has 0 unspecified atom stereocenters. The monoisotopic (exact) mass is 454 g/mol. The van der Waals surface area contributed by atoms with E-state index >= 15 is 0 Å². The first kappa shape index (κ1) is 21.1. The van der Waals surface area contributed by atoms with E-state index in [1.54, 1.807) is 22.9 Å². The molecule has 0 amide bonds. The fourth-order valence-electron chi connectivity index (χ4n) is 3.88. The van der Waals surface area contributed by atoms with Crippen molar-refractivity contribution in [3.8, 4) is 34.3 Å². The van der Waals surface area contributed by atoms with Crippen LogP contribution >= 0.6 is 0 Å². The minimum Gasteiger partial charge on any atom is -0.496 e. The highest BCUT2D eigenvalue weighted by atomic mass is 19.1. The van der Waals surface area contributed by atoms with E-state index in [4.69, 9.17) is 4.74 Å². The Morgan fingerprint density at radius 2 is 1.94 bits per heavy atom. The predicted octanol–water partition coefficient (Wildman–Crippen LogP) is 4.01.